The number of aliphatic hydroxyl groups excluding tert-OH is 4. The topological polar surface area (TPSA) is 242 Å². The Labute approximate surface area is 207 Å². The van der Waals surface area contributed by atoms with E-state index in [9.17, 15) is 24.9 Å². The number of nitrogen functional groups attached to an aromatic ring is 1. The summed E-state index contributed by atoms with van der Waals surface area (Å²) in [6, 6.07) is 3.53. The van der Waals surface area contributed by atoms with Crippen molar-refractivity contribution in [1.82, 2.24) is 39.5 Å². The van der Waals surface area contributed by atoms with Gasteiger partial charge < -0.3 is 35.7 Å². The Morgan fingerprint density at radius 2 is 1.76 bits per heavy atom. The Kier molecular flexibility index (Phi) is 7.21. The number of aromatic nitrogens is 8. The van der Waals surface area contributed by atoms with Crippen LogP contribution in [0.5, 0.6) is 0 Å². The van der Waals surface area contributed by atoms with Gasteiger partial charge in [0.15, 0.2) is 23.0 Å². The zero-order valence-corrected chi connectivity index (χ0v) is 19.8. The lowest BCUT2D eigenvalue weighted by Crippen LogP contribution is -2.42. The molecule has 0 bridgehead atoms. The number of anilines is 1. The van der Waals surface area contributed by atoms with Crippen molar-refractivity contribution in [1.29, 1.82) is 0 Å². The molecule has 194 valence electrons. The van der Waals surface area contributed by atoms with E-state index >= 15 is 0 Å². The third-order valence-corrected chi connectivity index (χ3v) is 5.82. The molecule has 15 heteroatoms. The maximum atomic E-state index is 12.2. The van der Waals surface area contributed by atoms with Crippen molar-refractivity contribution < 1.29 is 20.4 Å². The van der Waals surface area contributed by atoms with E-state index in [-0.39, 0.29) is 18.1 Å². The van der Waals surface area contributed by atoms with Crippen LogP contribution in [0.4, 0.5) is 5.82 Å². The summed E-state index contributed by atoms with van der Waals surface area (Å²) in [7, 11) is 0. The minimum absolute atomic E-state index is 0.0516. The quantitative estimate of drug-likeness (QED) is 0.129. The highest BCUT2D eigenvalue weighted by Gasteiger charge is 2.27. The fourth-order valence-electron chi connectivity index (χ4n) is 3.68. The van der Waals surface area contributed by atoms with E-state index < -0.39 is 36.2 Å². The van der Waals surface area contributed by atoms with Crippen molar-refractivity contribution in [3.8, 4) is 11.5 Å². The molecule has 4 heterocycles. The van der Waals surface area contributed by atoms with Crippen LogP contribution in [0.2, 0.25) is 0 Å². The number of imidazole rings is 1. The molecule has 0 saturated heterocycles. The molecule has 3 aromatic rings. The first kappa shape index (κ1) is 25.8. The number of rotatable bonds is 5. The van der Waals surface area contributed by atoms with Gasteiger partial charge in [-0.25, -0.2) is 24.7 Å². The first-order valence-corrected chi connectivity index (χ1v) is 11.1. The van der Waals surface area contributed by atoms with Crippen LogP contribution in [-0.4, -0.2) is 84.8 Å². The van der Waals surface area contributed by atoms with Gasteiger partial charge in [-0.2, -0.15) is 4.98 Å². The second-order valence-corrected chi connectivity index (χ2v) is 8.36. The third kappa shape index (κ3) is 5.14. The van der Waals surface area contributed by atoms with Crippen LogP contribution < -0.4 is 17.0 Å². The van der Waals surface area contributed by atoms with Crippen molar-refractivity contribution in [2.75, 3.05) is 12.3 Å². The minimum atomic E-state index is -1.64. The molecule has 2 aliphatic heterocycles. The van der Waals surface area contributed by atoms with Gasteiger partial charge in [0.2, 0.25) is 0 Å². The molecule has 5 rings (SSSR count). The predicted octanol–water partition coefficient (Wildman–Crippen LogP) is -1.79. The number of nitrogens with zero attached hydrogens (tertiary/aromatic N) is 6. The van der Waals surface area contributed by atoms with Gasteiger partial charge in [-0.1, -0.05) is 0 Å². The molecule has 0 saturated carbocycles. The number of benzene rings is 1. The molecule has 0 unspecified atom stereocenters. The molecule has 0 radical (unpaired) electrons. The van der Waals surface area contributed by atoms with Gasteiger partial charge in [-0.05, 0) is 37.1 Å². The number of fused-ring (bicyclic) bond motifs is 3. The molecular formula is C22H25N9O6. The summed E-state index contributed by atoms with van der Waals surface area (Å²) in [5.74, 6) is 0.381. The number of hydrogen-bond donors (Lipinski definition) is 7. The lowest BCUT2D eigenvalue weighted by Gasteiger charge is -2.25. The second-order valence-electron chi connectivity index (χ2n) is 8.36. The Balaban J connectivity index is 0.000000265. The predicted molar refractivity (Wildman–Crippen MR) is 132 cm³/mol. The number of aryl methyl sites for hydroxylation is 2. The summed E-state index contributed by atoms with van der Waals surface area (Å²) in [5.41, 5.74) is 7.89. The smallest absolute Gasteiger partial charge is 0.349 e. The molecule has 2 aromatic heterocycles. The van der Waals surface area contributed by atoms with Gasteiger partial charge in [0, 0.05) is 0 Å². The van der Waals surface area contributed by atoms with Crippen LogP contribution >= 0.6 is 0 Å². The summed E-state index contributed by atoms with van der Waals surface area (Å²) in [6.07, 6.45) is -1.76. The van der Waals surface area contributed by atoms with Crippen molar-refractivity contribution in [2.24, 2.45) is 0 Å². The Morgan fingerprint density at radius 3 is 2.46 bits per heavy atom. The van der Waals surface area contributed by atoms with Gasteiger partial charge in [0.05, 0.1) is 30.5 Å². The molecule has 0 aliphatic carbocycles. The van der Waals surface area contributed by atoms with Crippen molar-refractivity contribution in [3.63, 3.8) is 0 Å². The Bertz CT molecular complexity index is 1650. The van der Waals surface area contributed by atoms with Gasteiger partial charge in [0.25, 0.3) is 5.56 Å². The summed E-state index contributed by atoms with van der Waals surface area (Å²) in [6.45, 7) is 2.73. The van der Waals surface area contributed by atoms with Crippen molar-refractivity contribution in [2.45, 2.75) is 38.7 Å². The second kappa shape index (κ2) is 10.4. The monoisotopic (exact) mass is 511 g/mol. The summed E-state index contributed by atoms with van der Waals surface area (Å²) >= 11 is 0. The van der Waals surface area contributed by atoms with Crippen molar-refractivity contribution in [3.05, 3.63) is 56.8 Å². The molecule has 15 nitrogen and oxygen atoms in total. The van der Waals surface area contributed by atoms with Crippen LogP contribution in [0.1, 0.15) is 11.1 Å². The number of aliphatic hydroxyl groups is 4. The highest BCUT2D eigenvalue weighted by Crippen LogP contribution is 2.24. The average Bonchev–Trinajstić information content (AvgIpc) is 3.35. The number of hydrogen-bond acceptors (Lipinski definition) is 12. The van der Waals surface area contributed by atoms with Crippen molar-refractivity contribution >= 4 is 28.0 Å². The third-order valence-electron chi connectivity index (χ3n) is 5.82. The number of H-pyrrole nitrogens is 2. The molecule has 8 N–H and O–H groups in total. The maximum Gasteiger partial charge on any atom is 0.349 e. The minimum Gasteiger partial charge on any atom is -0.394 e. The summed E-state index contributed by atoms with van der Waals surface area (Å²) in [4.78, 5) is 48.4. The molecule has 0 spiro atoms. The summed E-state index contributed by atoms with van der Waals surface area (Å²) < 4.78 is 1.40. The lowest BCUT2D eigenvalue weighted by atomic mass is 10.1. The SMILES string of the molecule is Cc1cc2nc3c(=O)[nH]c(=O)nc-3n(C[C@H](O)[C@H](O)[C@H](O)CO)c2cc1C.Nc1ncnc2nc[nH]c12. The summed E-state index contributed by atoms with van der Waals surface area (Å²) in [5, 5.41) is 38.8. The van der Waals surface area contributed by atoms with Crippen LogP contribution in [0, 0.1) is 13.8 Å². The van der Waals surface area contributed by atoms with E-state index in [4.69, 9.17) is 10.8 Å². The van der Waals surface area contributed by atoms with E-state index in [0.717, 1.165) is 11.1 Å². The van der Waals surface area contributed by atoms with E-state index in [2.05, 4.69) is 34.9 Å². The molecule has 37 heavy (non-hydrogen) atoms. The number of nitrogens with one attached hydrogen (secondary N) is 2. The first-order valence-electron chi connectivity index (χ1n) is 11.1. The van der Waals surface area contributed by atoms with Gasteiger partial charge >= 0.3 is 5.69 Å². The molecule has 2 aliphatic rings. The van der Waals surface area contributed by atoms with E-state index in [1.165, 1.54) is 17.2 Å². The van der Waals surface area contributed by atoms with E-state index in [1.807, 2.05) is 13.8 Å². The molecule has 0 fully saturated rings. The highest BCUT2D eigenvalue weighted by molar-refractivity contribution is 5.81. The van der Waals surface area contributed by atoms with E-state index in [1.54, 1.807) is 12.1 Å². The zero-order chi connectivity index (χ0) is 26.9. The van der Waals surface area contributed by atoms with Crippen LogP contribution in [0.3, 0.4) is 0 Å². The Morgan fingerprint density at radius 1 is 1.03 bits per heavy atom. The number of nitrogens with two attached hydrogens (primary N) is 1. The molecular weight excluding hydrogens is 486 g/mol. The van der Waals surface area contributed by atoms with Gasteiger partial charge in [-0.3, -0.25) is 9.78 Å². The fourth-order valence-corrected chi connectivity index (χ4v) is 3.68. The van der Waals surface area contributed by atoms with Crippen LogP contribution in [-0.2, 0) is 6.54 Å². The van der Waals surface area contributed by atoms with Gasteiger partial charge in [0.1, 0.15) is 30.2 Å². The molecule has 3 atom stereocenters. The zero-order valence-electron chi connectivity index (χ0n) is 19.8. The average molecular weight is 511 g/mol. The lowest BCUT2D eigenvalue weighted by molar-refractivity contribution is -0.0802. The fraction of sp³-hybridized carbons (Fsp3) is 0.318. The van der Waals surface area contributed by atoms with Crippen LogP contribution in [0.25, 0.3) is 33.7 Å². The highest BCUT2D eigenvalue weighted by atomic mass is 16.4. The van der Waals surface area contributed by atoms with Gasteiger partial charge in [-0.15, -0.1) is 0 Å². The normalized spacial score (nSPS) is 13.9. The molecule has 1 aromatic carbocycles. The first-order chi connectivity index (χ1) is 17.6. The standard InChI is InChI=1S/C17H20N4O6.C5H5N5/c1-7-3-9-10(4-8(7)2)21(5-11(23)14(25)12(24)6-22)15-13(18-9)16(26)20-17(27)19-15;6-4-3-5(9-1-7-3)10-2-8-4/h3-4,11-12,14,22-25H,5-6H2,1-2H3,(H,20,26,27);1-2H,(H3,6,7,8,9,10)/t11-,12+,14-;/m0./s1. The van der Waals surface area contributed by atoms with Crippen LogP contribution in [0.15, 0.2) is 34.4 Å². The van der Waals surface area contributed by atoms with E-state index in [0.29, 0.717) is 28.0 Å². The maximum absolute atomic E-state index is 12.2. The largest absolute Gasteiger partial charge is 0.394 e. The number of aromatic amines is 2. The molecule has 0 amide bonds. The Hall–Kier alpha value is -4.31.